The summed E-state index contributed by atoms with van der Waals surface area (Å²) in [4.78, 5) is 50.8. The number of benzene rings is 1. The van der Waals surface area contributed by atoms with Crippen LogP contribution in [0.1, 0.15) is 51.5 Å². The first-order chi connectivity index (χ1) is 16.3. The van der Waals surface area contributed by atoms with Crippen molar-refractivity contribution in [2.45, 2.75) is 76.6 Å². The maximum atomic E-state index is 13.1. The fourth-order valence-corrected chi connectivity index (χ4v) is 3.78. The quantitative estimate of drug-likeness (QED) is 0.399. The second-order valence-electron chi connectivity index (χ2n) is 9.41. The highest BCUT2D eigenvalue weighted by Crippen LogP contribution is 2.19. The van der Waals surface area contributed by atoms with Gasteiger partial charge in [-0.05, 0) is 43.6 Å². The fourth-order valence-electron chi connectivity index (χ4n) is 3.78. The number of aryl methyl sites for hydroxylation is 1. The largest absolute Gasteiger partial charge is 0.444 e. The average Bonchev–Trinajstić information content (AvgIpc) is 3.47. The zero-order chi connectivity index (χ0) is 24.5. The van der Waals surface area contributed by atoms with Crippen LogP contribution in [0.3, 0.4) is 0 Å². The molecule has 0 spiro atoms. The first-order valence-electron chi connectivity index (χ1n) is 12.1. The van der Waals surface area contributed by atoms with E-state index < -0.39 is 35.8 Å². The molecule has 0 aromatic heterocycles. The van der Waals surface area contributed by atoms with Crippen molar-refractivity contribution in [3.8, 4) is 0 Å². The van der Waals surface area contributed by atoms with Crippen molar-refractivity contribution in [2.75, 3.05) is 13.2 Å². The van der Waals surface area contributed by atoms with E-state index in [1.807, 2.05) is 44.2 Å². The summed E-state index contributed by atoms with van der Waals surface area (Å²) in [6.07, 6.45) is 2.43. The van der Waals surface area contributed by atoms with Crippen molar-refractivity contribution in [1.29, 1.82) is 0 Å². The number of ketones is 1. The Hall–Kier alpha value is -2.94. The molecular formula is C25H35N3O6. The Labute approximate surface area is 200 Å². The molecule has 34 heavy (non-hydrogen) atoms. The van der Waals surface area contributed by atoms with Gasteiger partial charge in [0.15, 0.2) is 0 Å². The second-order valence-corrected chi connectivity index (χ2v) is 9.41. The Bertz CT molecular complexity index is 849. The Morgan fingerprint density at radius 1 is 1.03 bits per heavy atom. The molecule has 3 N–H and O–H groups in total. The van der Waals surface area contributed by atoms with Gasteiger partial charge in [-0.15, -0.1) is 0 Å². The maximum Gasteiger partial charge on any atom is 0.408 e. The highest BCUT2D eigenvalue weighted by atomic mass is 16.6. The highest BCUT2D eigenvalue weighted by Gasteiger charge is 2.33. The van der Waals surface area contributed by atoms with E-state index in [2.05, 4.69) is 16.0 Å². The Morgan fingerprint density at radius 2 is 1.76 bits per heavy atom. The standard InChI is InChI=1S/C25H35N3O6/c1-16(2)14-21(28-25(32)34-19-12-13-33-15-19)23(30)27-20(11-8-17-6-4-3-5-7-17)22(29)24(31)26-18-9-10-18/h3-7,16,18-21H,8-15H2,1-2H3,(H,26,31)(H,27,30)(H,28,32)/t19-,20-,21-/m0/s1. The molecule has 1 saturated heterocycles. The number of carbonyl (C=O) groups excluding carboxylic acids is 4. The number of hydrogen-bond acceptors (Lipinski definition) is 6. The molecule has 1 aliphatic carbocycles. The molecule has 0 unspecified atom stereocenters. The number of Topliss-reactive ketones (excluding diaryl/α,β-unsaturated/α-hetero) is 1. The normalized spacial score (nSPS) is 19.2. The van der Waals surface area contributed by atoms with Crippen LogP contribution in [0.15, 0.2) is 30.3 Å². The molecule has 9 heteroatoms. The summed E-state index contributed by atoms with van der Waals surface area (Å²) >= 11 is 0. The molecular weight excluding hydrogens is 438 g/mol. The van der Waals surface area contributed by atoms with Gasteiger partial charge in [0.2, 0.25) is 11.7 Å². The Kier molecular flexibility index (Phi) is 9.44. The summed E-state index contributed by atoms with van der Waals surface area (Å²) in [5.74, 6) is -1.78. The van der Waals surface area contributed by atoms with E-state index in [1.54, 1.807) is 0 Å². The zero-order valence-electron chi connectivity index (χ0n) is 19.9. The van der Waals surface area contributed by atoms with Crippen molar-refractivity contribution in [2.24, 2.45) is 5.92 Å². The van der Waals surface area contributed by atoms with Gasteiger partial charge in [-0.2, -0.15) is 0 Å². The summed E-state index contributed by atoms with van der Waals surface area (Å²) in [5, 5.41) is 8.04. The number of rotatable bonds is 12. The predicted molar refractivity (Wildman–Crippen MR) is 125 cm³/mol. The Morgan fingerprint density at radius 3 is 2.38 bits per heavy atom. The van der Waals surface area contributed by atoms with Crippen molar-refractivity contribution in [3.05, 3.63) is 35.9 Å². The monoisotopic (exact) mass is 473 g/mol. The first kappa shape index (κ1) is 25.7. The van der Waals surface area contributed by atoms with Gasteiger partial charge < -0.3 is 25.4 Å². The molecule has 186 valence electrons. The molecule has 1 aromatic carbocycles. The first-order valence-corrected chi connectivity index (χ1v) is 12.1. The van der Waals surface area contributed by atoms with Crippen LogP contribution in [-0.2, 0) is 30.3 Å². The molecule has 9 nitrogen and oxygen atoms in total. The Balaban J connectivity index is 1.65. The van der Waals surface area contributed by atoms with E-state index in [0.717, 1.165) is 18.4 Å². The van der Waals surface area contributed by atoms with Crippen LogP contribution in [0.4, 0.5) is 4.79 Å². The minimum atomic E-state index is -0.998. The van der Waals surface area contributed by atoms with Crippen LogP contribution in [0.25, 0.3) is 0 Å². The minimum Gasteiger partial charge on any atom is -0.444 e. The van der Waals surface area contributed by atoms with E-state index in [1.165, 1.54) is 0 Å². The topological polar surface area (TPSA) is 123 Å². The molecule has 2 aliphatic rings. The minimum absolute atomic E-state index is 0.0339. The lowest BCUT2D eigenvalue weighted by molar-refractivity contribution is -0.140. The van der Waals surface area contributed by atoms with Crippen LogP contribution in [-0.4, -0.2) is 61.1 Å². The van der Waals surface area contributed by atoms with E-state index >= 15 is 0 Å². The summed E-state index contributed by atoms with van der Waals surface area (Å²) in [6, 6.07) is 7.69. The SMILES string of the molecule is CC(C)C[C@H](NC(=O)O[C@H]1CCOC1)C(=O)N[C@@H](CCc1ccccc1)C(=O)C(=O)NC1CC1. The smallest absolute Gasteiger partial charge is 0.408 e. The number of carbonyl (C=O) groups is 4. The summed E-state index contributed by atoms with van der Waals surface area (Å²) in [5.41, 5.74) is 0.997. The molecule has 1 saturated carbocycles. The third kappa shape index (κ3) is 8.44. The van der Waals surface area contributed by atoms with Crippen LogP contribution in [0.5, 0.6) is 0 Å². The molecule has 3 atom stereocenters. The van der Waals surface area contributed by atoms with Gasteiger partial charge in [-0.25, -0.2) is 4.79 Å². The van der Waals surface area contributed by atoms with Gasteiger partial charge in [-0.1, -0.05) is 44.2 Å². The summed E-state index contributed by atoms with van der Waals surface area (Å²) in [7, 11) is 0. The molecule has 1 aliphatic heterocycles. The van der Waals surface area contributed by atoms with Crippen molar-refractivity contribution in [3.63, 3.8) is 0 Å². The van der Waals surface area contributed by atoms with Crippen LogP contribution in [0.2, 0.25) is 0 Å². The lowest BCUT2D eigenvalue weighted by Crippen LogP contribution is -2.54. The van der Waals surface area contributed by atoms with Crippen molar-refractivity contribution < 1.29 is 28.7 Å². The molecule has 1 aromatic rings. The van der Waals surface area contributed by atoms with Crippen molar-refractivity contribution >= 4 is 23.7 Å². The van der Waals surface area contributed by atoms with Gasteiger partial charge in [0, 0.05) is 12.5 Å². The second kappa shape index (κ2) is 12.5. The molecule has 3 amide bonds. The highest BCUT2D eigenvalue weighted by molar-refractivity contribution is 6.38. The van der Waals surface area contributed by atoms with Gasteiger partial charge in [0.05, 0.1) is 19.3 Å². The summed E-state index contributed by atoms with van der Waals surface area (Å²) in [6.45, 7) is 4.72. The third-order valence-electron chi connectivity index (χ3n) is 5.81. The fraction of sp³-hybridized carbons (Fsp3) is 0.600. The number of ether oxygens (including phenoxy) is 2. The van der Waals surface area contributed by atoms with E-state index in [0.29, 0.717) is 32.5 Å². The lowest BCUT2D eigenvalue weighted by atomic mass is 9.99. The average molecular weight is 474 g/mol. The molecule has 2 fully saturated rings. The van der Waals surface area contributed by atoms with Crippen LogP contribution >= 0.6 is 0 Å². The van der Waals surface area contributed by atoms with E-state index in [9.17, 15) is 19.2 Å². The van der Waals surface area contributed by atoms with Crippen LogP contribution in [0, 0.1) is 5.92 Å². The van der Waals surface area contributed by atoms with Gasteiger partial charge in [0.1, 0.15) is 12.1 Å². The van der Waals surface area contributed by atoms with E-state index in [-0.39, 0.29) is 24.5 Å². The van der Waals surface area contributed by atoms with Gasteiger partial charge in [0.25, 0.3) is 5.91 Å². The van der Waals surface area contributed by atoms with Gasteiger partial charge in [-0.3, -0.25) is 14.4 Å². The molecule has 0 bridgehead atoms. The molecule has 0 radical (unpaired) electrons. The van der Waals surface area contributed by atoms with Gasteiger partial charge >= 0.3 is 6.09 Å². The zero-order valence-corrected chi connectivity index (χ0v) is 19.9. The third-order valence-corrected chi connectivity index (χ3v) is 5.81. The van der Waals surface area contributed by atoms with Crippen LogP contribution < -0.4 is 16.0 Å². The lowest BCUT2D eigenvalue weighted by Gasteiger charge is -2.24. The van der Waals surface area contributed by atoms with E-state index in [4.69, 9.17) is 9.47 Å². The maximum absolute atomic E-state index is 13.1. The predicted octanol–water partition coefficient (Wildman–Crippen LogP) is 1.88. The number of nitrogens with one attached hydrogen (secondary N) is 3. The molecule has 3 rings (SSSR count). The summed E-state index contributed by atoms with van der Waals surface area (Å²) < 4.78 is 10.5. The number of amides is 3. The number of alkyl carbamates (subject to hydrolysis) is 1. The van der Waals surface area contributed by atoms with Crippen molar-refractivity contribution in [1.82, 2.24) is 16.0 Å². The molecule has 1 heterocycles. The number of hydrogen-bond donors (Lipinski definition) is 3.